The second-order valence-electron chi connectivity index (χ2n) is 5.74. The second-order valence-corrected chi connectivity index (χ2v) is 5.74. The van der Waals surface area contributed by atoms with E-state index in [1.165, 1.54) is 0 Å². The van der Waals surface area contributed by atoms with E-state index < -0.39 is 0 Å². The highest BCUT2D eigenvalue weighted by molar-refractivity contribution is 5.85. The average molecular weight is 359 g/mol. The van der Waals surface area contributed by atoms with Gasteiger partial charge >= 0.3 is 0 Å². The Morgan fingerprint density at radius 2 is 1.76 bits per heavy atom. The highest BCUT2D eigenvalue weighted by Gasteiger charge is 2.24. The molecule has 6 heteroatoms. The highest BCUT2D eigenvalue weighted by Crippen LogP contribution is 2.28. The number of hydrogen-bond donors (Lipinski definition) is 1. The first-order valence-corrected chi connectivity index (χ1v) is 8.11. The van der Waals surface area contributed by atoms with Crippen molar-refractivity contribution in [2.24, 2.45) is 5.73 Å². The monoisotopic (exact) mass is 358 g/mol. The number of halogens is 1. The van der Waals surface area contributed by atoms with Gasteiger partial charge in [-0.3, -0.25) is 4.90 Å². The summed E-state index contributed by atoms with van der Waals surface area (Å²) in [7, 11) is 2.05. The fourth-order valence-corrected chi connectivity index (χ4v) is 2.66. The summed E-state index contributed by atoms with van der Waals surface area (Å²) in [6.07, 6.45) is 0. The lowest BCUT2D eigenvalue weighted by molar-refractivity contribution is 0.234. The van der Waals surface area contributed by atoms with Crippen LogP contribution in [-0.4, -0.2) is 28.6 Å². The van der Waals surface area contributed by atoms with E-state index in [1.54, 1.807) is 0 Å². The molecule has 0 aliphatic heterocycles. The van der Waals surface area contributed by atoms with Crippen molar-refractivity contribution in [3.63, 3.8) is 0 Å². The van der Waals surface area contributed by atoms with Gasteiger partial charge in [-0.15, -0.1) is 12.4 Å². The molecule has 1 aromatic heterocycles. The number of rotatable bonds is 6. The molecule has 0 aliphatic carbocycles. The van der Waals surface area contributed by atoms with Gasteiger partial charge in [0.25, 0.3) is 0 Å². The van der Waals surface area contributed by atoms with Gasteiger partial charge in [-0.1, -0.05) is 66.7 Å². The van der Waals surface area contributed by atoms with Crippen LogP contribution in [0.3, 0.4) is 0 Å². The molecule has 1 heterocycles. The Balaban J connectivity index is 0.00000225. The van der Waals surface area contributed by atoms with Crippen LogP contribution < -0.4 is 5.73 Å². The molecule has 1 atom stereocenters. The van der Waals surface area contributed by atoms with Gasteiger partial charge in [0.1, 0.15) is 6.04 Å². The van der Waals surface area contributed by atoms with Crippen molar-refractivity contribution in [1.82, 2.24) is 15.0 Å². The van der Waals surface area contributed by atoms with Crippen molar-refractivity contribution in [1.29, 1.82) is 0 Å². The summed E-state index contributed by atoms with van der Waals surface area (Å²) in [6.45, 7) is 3.51. The van der Waals surface area contributed by atoms with Gasteiger partial charge in [0.05, 0.1) is 0 Å². The minimum absolute atomic E-state index is 0. The minimum atomic E-state index is -0.0548. The van der Waals surface area contributed by atoms with Crippen LogP contribution in [0.15, 0.2) is 59.1 Å². The molecular formula is C19H23ClN4O. The lowest BCUT2D eigenvalue weighted by Gasteiger charge is -2.23. The van der Waals surface area contributed by atoms with Crippen LogP contribution in [0.25, 0.3) is 11.4 Å². The molecular weight excluding hydrogens is 336 g/mol. The normalized spacial score (nSPS) is 12.0. The molecule has 0 amide bonds. The fraction of sp³-hybridized carbons (Fsp3) is 0.263. The molecule has 132 valence electrons. The zero-order chi connectivity index (χ0) is 16.9. The molecule has 0 bridgehead atoms. The number of hydrogen-bond acceptors (Lipinski definition) is 5. The molecule has 0 saturated heterocycles. The van der Waals surface area contributed by atoms with Crippen LogP contribution in [0.5, 0.6) is 0 Å². The molecule has 2 aromatic carbocycles. The van der Waals surface area contributed by atoms with E-state index in [1.807, 2.05) is 42.5 Å². The largest absolute Gasteiger partial charge is 0.337 e. The number of benzene rings is 2. The zero-order valence-electron chi connectivity index (χ0n) is 14.4. The number of nitrogens with zero attached hydrogens (tertiary/aromatic N) is 3. The van der Waals surface area contributed by atoms with Crippen molar-refractivity contribution in [3.8, 4) is 11.4 Å². The molecule has 0 saturated carbocycles. The van der Waals surface area contributed by atoms with Crippen molar-refractivity contribution in [2.45, 2.75) is 19.5 Å². The maximum atomic E-state index is 5.64. The Morgan fingerprint density at radius 1 is 1.08 bits per heavy atom. The summed E-state index contributed by atoms with van der Waals surface area (Å²) < 4.78 is 5.59. The van der Waals surface area contributed by atoms with Gasteiger partial charge in [-0.25, -0.2) is 0 Å². The predicted molar refractivity (Wildman–Crippen MR) is 101 cm³/mol. The molecule has 0 radical (unpaired) electrons. The predicted octanol–water partition coefficient (Wildman–Crippen LogP) is 3.66. The number of nitrogens with two attached hydrogens (primary N) is 1. The second kappa shape index (κ2) is 8.76. The van der Waals surface area contributed by atoms with Crippen LogP contribution in [0.4, 0.5) is 0 Å². The summed E-state index contributed by atoms with van der Waals surface area (Å²) in [5, 5.41) is 4.16. The smallest absolute Gasteiger partial charge is 0.248 e. The summed E-state index contributed by atoms with van der Waals surface area (Å²) in [5.41, 5.74) is 8.78. The van der Waals surface area contributed by atoms with Gasteiger partial charge in [0.15, 0.2) is 0 Å². The van der Waals surface area contributed by atoms with Crippen molar-refractivity contribution >= 4 is 12.4 Å². The molecule has 0 spiro atoms. The van der Waals surface area contributed by atoms with Gasteiger partial charge in [0.2, 0.25) is 11.7 Å². The first kappa shape index (κ1) is 19.1. The van der Waals surface area contributed by atoms with Gasteiger partial charge in [0, 0.05) is 12.1 Å². The van der Waals surface area contributed by atoms with Gasteiger partial charge in [-0.05, 0) is 24.7 Å². The lowest BCUT2D eigenvalue weighted by atomic mass is 10.1. The molecule has 3 rings (SSSR count). The number of aromatic nitrogens is 2. The molecule has 25 heavy (non-hydrogen) atoms. The third kappa shape index (κ3) is 4.25. The summed E-state index contributed by atoms with van der Waals surface area (Å²) >= 11 is 0. The quantitative estimate of drug-likeness (QED) is 0.728. The maximum Gasteiger partial charge on any atom is 0.248 e. The molecule has 0 aliphatic rings. The Bertz CT molecular complexity index is 774. The molecule has 1 unspecified atom stereocenters. The molecule has 2 N–H and O–H groups in total. The Labute approximate surface area is 154 Å². The summed E-state index contributed by atoms with van der Waals surface area (Å²) in [6, 6.07) is 18.1. The third-order valence-corrected chi connectivity index (χ3v) is 4.18. The molecule has 0 fully saturated rings. The minimum Gasteiger partial charge on any atom is -0.337 e. The van der Waals surface area contributed by atoms with Gasteiger partial charge in [-0.2, -0.15) is 4.98 Å². The van der Waals surface area contributed by atoms with Crippen LogP contribution in [0.1, 0.15) is 30.0 Å². The van der Waals surface area contributed by atoms with Crippen LogP contribution in [0.2, 0.25) is 0 Å². The third-order valence-electron chi connectivity index (χ3n) is 4.18. The van der Waals surface area contributed by atoms with Crippen LogP contribution in [-0.2, 0) is 6.54 Å². The summed E-state index contributed by atoms with van der Waals surface area (Å²) in [4.78, 5) is 6.82. The van der Waals surface area contributed by atoms with Gasteiger partial charge < -0.3 is 10.3 Å². The Hall–Kier alpha value is -2.21. The SMILES string of the molecule is CCN(C)C(c1ccccc1)c1nc(-c2ccc(CN)cc2)no1.Cl. The van der Waals surface area contributed by atoms with E-state index in [9.17, 15) is 0 Å². The van der Waals surface area contributed by atoms with Crippen molar-refractivity contribution in [2.75, 3.05) is 13.6 Å². The van der Waals surface area contributed by atoms with Crippen LogP contribution in [0, 0.1) is 0 Å². The zero-order valence-corrected chi connectivity index (χ0v) is 15.2. The molecule has 3 aromatic rings. The average Bonchev–Trinajstić information content (AvgIpc) is 3.12. The first-order valence-electron chi connectivity index (χ1n) is 8.11. The van der Waals surface area contributed by atoms with E-state index in [0.29, 0.717) is 18.3 Å². The standard InChI is InChI=1S/C19H22N4O.ClH/c1-3-23(2)17(15-7-5-4-6-8-15)19-21-18(22-24-19)16-11-9-14(13-20)10-12-16;/h4-12,17H,3,13,20H2,1-2H3;1H. The highest BCUT2D eigenvalue weighted by atomic mass is 35.5. The summed E-state index contributed by atoms with van der Waals surface area (Å²) in [5.74, 6) is 1.20. The van der Waals surface area contributed by atoms with E-state index in [-0.39, 0.29) is 18.4 Å². The first-order chi connectivity index (χ1) is 11.7. The van der Waals surface area contributed by atoms with Crippen LogP contribution >= 0.6 is 12.4 Å². The maximum absolute atomic E-state index is 5.64. The molecule has 5 nitrogen and oxygen atoms in total. The Kier molecular flexibility index (Phi) is 6.70. The fourth-order valence-electron chi connectivity index (χ4n) is 2.66. The van der Waals surface area contributed by atoms with E-state index in [4.69, 9.17) is 10.3 Å². The van der Waals surface area contributed by atoms with Crippen molar-refractivity contribution < 1.29 is 4.52 Å². The lowest BCUT2D eigenvalue weighted by Crippen LogP contribution is -2.25. The van der Waals surface area contributed by atoms with E-state index in [0.717, 1.165) is 23.2 Å². The van der Waals surface area contributed by atoms with E-state index >= 15 is 0 Å². The van der Waals surface area contributed by atoms with E-state index in [2.05, 4.69) is 41.1 Å². The topological polar surface area (TPSA) is 68.2 Å². The van der Waals surface area contributed by atoms with Crippen molar-refractivity contribution in [3.05, 3.63) is 71.6 Å². The Morgan fingerprint density at radius 3 is 2.36 bits per heavy atom.